The molecule has 2 heterocycles. The minimum atomic E-state index is -1.21. The van der Waals surface area contributed by atoms with Crippen LogP contribution in [-0.2, 0) is 16.6 Å². The van der Waals surface area contributed by atoms with E-state index in [2.05, 4.69) is 59.0 Å². The Balaban J connectivity index is 1.69. The molecular formula is C21H26N4OS. The maximum atomic E-state index is 13.1. The molecule has 0 fully saturated rings. The van der Waals surface area contributed by atoms with Crippen LogP contribution in [-0.4, -0.2) is 46.3 Å². The lowest BCUT2D eigenvalue weighted by molar-refractivity contribution is 0.278. The summed E-state index contributed by atoms with van der Waals surface area (Å²) in [5.74, 6) is 0.472. The lowest BCUT2D eigenvalue weighted by Gasteiger charge is -2.39. The molecule has 2 atom stereocenters. The normalized spacial score (nSPS) is 18.1. The third-order valence-electron chi connectivity index (χ3n) is 5.37. The van der Waals surface area contributed by atoms with Gasteiger partial charge in [-0.3, -0.25) is 4.21 Å². The van der Waals surface area contributed by atoms with Crippen LogP contribution in [0.1, 0.15) is 30.5 Å². The Hall–Kier alpha value is -2.18. The molecule has 0 bridgehead atoms. The van der Waals surface area contributed by atoms with Crippen molar-refractivity contribution in [1.29, 1.82) is 0 Å². The number of aromatic nitrogens is 2. The van der Waals surface area contributed by atoms with Gasteiger partial charge in [-0.25, -0.2) is 4.98 Å². The monoisotopic (exact) mass is 382 g/mol. The summed E-state index contributed by atoms with van der Waals surface area (Å²) in [7, 11) is 3.06. The number of hydrogen-bond donors (Lipinski definition) is 1. The van der Waals surface area contributed by atoms with Gasteiger partial charge in [-0.15, -0.1) is 0 Å². The zero-order valence-electron chi connectivity index (χ0n) is 16.1. The highest BCUT2D eigenvalue weighted by Gasteiger charge is 2.28. The first-order chi connectivity index (χ1) is 13.1. The van der Waals surface area contributed by atoms with Crippen LogP contribution in [0.15, 0.2) is 47.6 Å². The maximum absolute atomic E-state index is 13.1. The summed E-state index contributed by atoms with van der Waals surface area (Å²) in [4.78, 5) is 12.4. The number of hydrogen-bond acceptors (Lipinski definition) is 4. The van der Waals surface area contributed by atoms with Crippen molar-refractivity contribution >= 4 is 27.5 Å². The van der Waals surface area contributed by atoms with Crippen LogP contribution in [0.2, 0.25) is 0 Å². The van der Waals surface area contributed by atoms with Gasteiger partial charge in [0.2, 0.25) is 0 Å². The molecule has 1 aliphatic rings. The number of fused-ring (bicyclic) bond motifs is 2. The Labute approximate surface area is 162 Å². The number of para-hydroxylation sites is 3. The third kappa shape index (κ3) is 3.39. The van der Waals surface area contributed by atoms with E-state index < -0.39 is 10.8 Å². The fourth-order valence-electron chi connectivity index (χ4n) is 4.03. The van der Waals surface area contributed by atoms with Crippen molar-refractivity contribution in [3.05, 3.63) is 53.6 Å². The van der Waals surface area contributed by atoms with Gasteiger partial charge in [0, 0.05) is 24.8 Å². The van der Waals surface area contributed by atoms with E-state index in [-0.39, 0.29) is 0 Å². The molecule has 27 heavy (non-hydrogen) atoms. The highest BCUT2D eigenvalue weighted by molar-refractivity contribution is 7.84. The minimum Gasteiger partial charge on any atom is -0.371 e. The van der Waals surface area contributed by atoms with Crippen LogP contribution in [0.4, 0.5) is 5.69 Å². The van der Waals surface area contributed by atoms with Crippen molar-refractivity contribution in [2.75, 3.05) is 32.1 Å². The predicted molar refractivity (Wildman–Crippen MR) is 112 cm³/mol. The van der Waals surface area contributed by atoms with Gasteiger partial charge in [0.15, 0.2) is 5.16 Å². The summed E-state index contributed by atoms with van der Waals surface area (Å²) in [5.41, 5.74) is 5.53. The predicted octanol–water partition coefficient (Wildman–Crippen LogP) is 3.70. The van der Waals surface area contributed by atoms with E-state index >= 15 is 0 Å². The number of benzene rings is 2. The van der Waals surface area contributed by atoms with E-state index in [0.29, 0.717) is 17.0 Å². The summed E-state index contributed by atoms with van der Waals surface area (Å²) < 4.78 is 13.1. The maximum Gasteiger partial charge on any atom is 0.197 e. The van der Waals surface area contributed by atoms with E-state index in [1.54, 1.807) is 0 Å². The van der Waals surface area contributed by atoms with Crippen LogP contribution in [0.25, 0.3) is 11.0 Å². The Kier molecular flexibility index (Phi) is 5.02. The van der Waals surface area contributed by atoms with Crippen LogP contribution in [0.5, 0.6) is 0 Å². The number of rotatable bonds is 5. The van der Waals surface area contributed by atoms with Crippen LogP contribution < -0.4 is 4.90 Å². The van der Waals surface area contributed by atoms with Gasteiger partial charge >= 0.3 is 0 Å². The van der Waals surface area contributed by atoms with Gasteiger partial charge < -0.3 is 14.8 Å². The molecular weight excluding hydrogens is 356 g/mol. The molecule has 2 unspecified atom stereocenters. The summed E-state index contributed by atoms with van der Waals surface area (Å²) in [6.45, 7) is 4.18. The lowest BCUT2D eigenvalue weighted by atomic mass is 9.93. The molecule has 5 nitrogen and oxygen atoms in total. The van der Waals surface area contributed by atoms with Crippen molar-refractivity contribution in [3.63, 3.8) is 0 Å². The van der Waals surface area contributed by atoms with E-state index in [0.717, 1.165) is 36.1 Å². The minimum absolute atomic E-state index is 0.405. The molecule has 4 rings (SSSR count). The van der Waals surface area contributed by atoms with Crippen molar-refractivity contribution in [2.24, 2.45) is 0 Å². The molecule has 3 aromatic rings. The molecule has 1 N–H and O–H groups in total. The van der Waals surface area contributed by atoms with E-state index in [4.69, 9.17) is 0 Å². The summed E-state index contributed by atoms with van der Waals surface area (Å²) in [5, 5.41) is 0.553. The molecule has 1 aliphatic heterocycles. The number of anilines is 1. The number of imidazole rings is 1. The Morgan fingerprint density at radius 1 is 1.22 bits per heavy atom. The van der Waals surface area contributed by atoms with Crippen LogP contribution in [0, 0.1) is 0 Å². The first-order valence-corrected chi connectivity index (χ1v) is 10.8. The number of nitrogens with one attached hydrogen (secondary N) is 1. The summed E-state index contributed by atoms with van der Waals surface area (Å²) in [6.07, 6.45) is 1.12. The lowest BCUT2D eigenvalue weighted by Crippen LogP contribution is -2.36. The zero-order chi connectivity index (χ0) is 19.0. The van der Waals surface area contributed by atoms with E-state index in [1.807, 2.05) is 24.3 Å². The smallest absolute Gasteiger partial charge is 0.197 e. The number of H-pyrrole nitrogens is 1. The molecule has 1 aromatic heterocycles. The molecule has 0 aliphatic carbocycles. The van der Waals surface area contributed by atoms with E-state index in [1.165, 1.54) is 11.3 Å². The first kappa shape index (κ1) is 18.2. The van der Waals surface area contributed by atoms with Gasteiger partial charge in [0.25, 0.3) is 0 Å². The van der Waals surface area contributed by atoms with Crippen molar-refractivity contribution < 1.29 is 4.21 Å². The van der Waals surface area contributed by atoms with Gasteiger partial charge in [-0.1, -0.05) is 30.3 Å². The molecule has 0 saturated heterocycles. The van der Waals surface area contributed by atoms with Crippen molar-refractivity contribution in [1.82, 2.24) is 14.9 Å². The largest absolute Gasteiger partial charge is 0.371 e. The topological polar surface area (TPSA) is 52.2 Å². The zero-order valence-corrected chi connectivity index (χ0v) is 16.9. The Bertz CT molecular complexity index is 948. The molecule has 0 spiro atoms. The highest BCUT2D eigenvalue weighted by atomic mass is 32.2. The second-order valence-corrected chi connectivity index (χ2v) is 8.62. The number of aromatic amines is 1. The van der Waals surface area contributed by atoms with E-state index in [9.17, 15) is 4.21 Å². The first-order valence-electron chi connectivity index (χ1n) is 9.44. The fraction of sp³-hybridized carbons (Fsp3) is 0.381. The van der Waals surface area contributed by atoms with Gasteiger partial charge in [-0.2, -0.15) is 0 Å². The number of nitrogens with zero attached hydrogens (tertiary/aromatic N) is 3. The fourth-order valence-corrected chi connectivity index (χ4v) is 5.10. The average molecular weight is 383 g/mol. The molecule has 0 amide bonds. The highest BCUT2D eigenvalue weighted by Crippen LogP contribution is 2.39. The Morgan fingerprint density at radius 3 is 2.78 bits per heavy atom. The second-order valence-electron chi connectivity index (χ2n) is 7.25. The van der Waals surface area contributed by atoms with Crippen molar-refractivity contribution in [3.8, 4) is 0 Å². The van der Waals surface area contributed by atoms with Crippen molar-refractivity contribution in [2.45, 2.75) is 30.3 Å². The molecule has 0 saturated carbocycles. The Morgan fingerprint density at radius 2 is 2.04 bits per heavy atom. The third-order valence-corrected chi connectivity index (χ3v) is 6.57. The molecule has 2 aromatic carbocycles. The standard InChI is InChI=1S/C21H26N4OS/c1-4-25-13-12-19(24(2)3)16-9-7-8-15(20(16)25)14-27(26)21-22-17-10-5-6-11-18(17)23-21/h5-11,19H,4,12-14H2,1-3H3,(H,22,23). The second kappa shape index (κ2) is 7.44. The van der Waals surface area contributed by atoms with Gasteiger partial charge in [-0.05, 0) is 50.7 Å². The quantitative estimate of drug-likeness (QED) is 0.731. The van der Waals surface area contributed by atoms with Gasteiger partial charge in [0.05, 0.1) is 27.6 Å². The van der Waals surface area contributed by atoms with Crippen LogP contribution >= 0.6 is 0 Å². The summed E-state index contributed by atoms with van der Waals surface area (Å²) >= 11 is 0. The van der Waals surface area contributed by atoms with Gasteiger partial charge in [0.1, 0.15) is 0 Å². The molecule has 0 radical (unpaired) electrons. The molecule has 142 valence electrons. The molecule has 6 heteroatoms. The van der Waals surface area contributed by atoms with Crippen LogP contribution in [0.3, 0.4) is 0 Å². The average Bonchev–Trinajstić information content (AvgIpc) is 3.11. The summed E-state index contributed by atoms with van der Waals surface area (Å²) in [6, 6.07) is 14.6. The SMILES string of the molecule is CCN1CCC(N(C)C)c2cccc(CS(=O)c3nc4ccccc4[nH]3)c21.